The number of urea groups is 1. The molecule has 1 atom stereocenters. The van der Waals surface area contributed by atoms with Gasteiger partial charge in [-0.15, -0.1) is 0 Å². The van der Waals surface area contributed by atoms with Gasteiger partial charge in [-0.3, -0.25) is 0 Å². The maximum Gasteiger partial charge on any atom is 0.338 e. The second-order valence-electron chi connectivity index (χ2n) is 6.71. The minimum atomic E-state index is -0.736. The smallest absolute Gasteiger partial charge is 0.338 e. The SMILES string of the molecule is COc1cc(C2NC(=O)NC(C(C)C)=C2C(=O)OC(C)C)cc(Cl)c1OC. The normalized spacial score (nSPS) is 16.9. The Morgan fingerprint density at radius 3 is 2.33 bits per heavy atom. The second-order valence-corrected chi connectivity index (χ2v) is 7.11. The van der Waals surface area contributed by atoms with Crippen molar-refractivity contribution in [2.75, 3.05) is 14.2 Å². The number of methoxy groups -OCH3 is 2. The van der Waals surface area contributed by atoms with Gasteiger partial charge < -0.3 is 24.8 Å². The molecular weight excluding hydrogens is 372 g/mol. The first kappa shape index (κ1) is 20.9. The average molecular weight is 397 g/mol. The molecule has 2 rings (SSSR count). The number of hydrogen-bond acceptors (Lipinski definition) is 5. The van der Waals surface area contributed by atoms with E-state index in [1.165, 1.54) is 14.2 Å². The van der Waals surface area contributed by atoms with Crippen LogP contribution in [0, 0.1) is 5.92 Å². The lowest BCUT2D eigenvalue weighted by molar-refractivity contribution is -0.143. The highest BCUT2D eigenvalue weighted by Gasteiger charge is 2.35. The van der Waals surface area contributed by atoms with Crippen molar-refractivity contribution in [2.45, 2.75) is 39.8 Å². The van der Waals surface area contributed by atoms with Crippen molar-refractivity contribution in [1.29, 1.82) is 0 Å². The number of hydrogen-bond donors (Lipinski definition) is 2. The molecule has 8 heteroatoms. The number of halogens is 1. The van der Waals surface area contributed by atoms with Crippen LogP contribution in [0.5, 0.6) is 11.5 Å². The van der Waals surface area contributed by atoms with Crippen molar-refractivity contribution in [2.24, 2.45) is 5.92 Å². The number of amides is 2. The lowest BCUT2D eigenvalue weighted by Crippen LogP contribution is -2.47. The first-order chi connectivity index (χ1) is 12.7. The maximum absolute atomic E-state index is 12.8. The molecule has 148 valence electrons. The number of carbonyl (C=O) groups excluding carboxylic acids is 2. The largest absolute Gasteiger partial charge is 0.493 e. The summed E-state index contributed by atoms with van der Waals surface area (Å²) in [5, 5.41) is 5.81. The third-order valence-corrected chi connectivity index (χ3v) is 4.31. The van der Waals surface area contributed by atoms with Crippen molar-refractivity contribution in [3.63, 3.8) is 0 Å². The molecule has 2 N–H and O–H groups in total. The summed E-state index contributed by atoms with van der Waals surface area (Å²) in [7, 11) is 2.97. The molecule has 1 aliphatic rings. The Morgan fingerprint density at radius 1 is 1.15 bits per heavy atom. The van der Waals surface area contributed by atoms with Gasteiger partial charge in [-0.25, -0.2) is 9.59 Å². The molecule has 0 radical (unpaired) electrons. The van der Waals surface area contributed by atoms with Gasteiger partial charge in [0.1, 0.15) is 0 Å². The Bertz CT molecular complexity index is 774. The standard InChI is InChI=1S/C19H25ClN2O5/c1-9(2)15-14(18(23)27-10(3)4)16(22-19(24)21-15)11-7-12(20)17(26-6)13(8-11)25-5/h7-10,16H,1-6H3,(H2,21,22,24). The highest BCUT2D eigenvalue weighted by molar-refractivity contribution is 6.32. The zero-order chi connectivity index (χ0) is 20.3. The molecule has 1 aromatic carbocycles. The predicted molar refractivity (Wildman–Crippen MR) is 102 cm³/mol. The van der Waals surface area contributed by atoms with Crippen LogP contribution in [0.15, 0.2) is 23.4 Å². The molecular formula is C19H25ClN2O5. The molecule has 0 aliphatic carbocycles. The first-order valence-corrected chi connectivity index (χ1v) is 9.01. The van der Waals surface area contributed by atoms with E-state index in [1.54, 1.807) is 26.0 Å². The monoisotopic (exact) mass is 396 g/mol. The molecule has 0 fully saturated rings. The summed E-state index contributed by atoms with van der Waals surface area (Å²) in [5.41, 5.74) is 1.43. The number of allylic oxidation sites excluding steroid dienone is 1. The van der Waals surface area contributed by atoms with Crippen LogP contribution in [0.1, 0.15) is 39.3 Å². The van der Waals surface area contributed by atoms with Crippen molar-refractivity contribution in [3.05, 3.63) is 34.0 Å². The number of benzene rings is 1. The fraction of sp³-hybridized carbons (Fsp3) is 0.474. The topological polar surface area (TPSA) is 85.9 Å². The summed E-state index contributed by atoms with van der Waals surface area (Å²) in [6, 6.07) is 2.18. The van der Waals surface area contributed by atoms with E-state index >= 15 is 0 Å². The van der Waals surface area contributed by atoms with Crippen LogP contribution in [-0.4, -0.2) is 32.3 Å². The Morgan fingerprint density at radius 2 is 1.81 bits per heavy atom. The highest BCUT2D eigenvalue weighted by atomic mass is 35.5. The van der Waals surface area contributed by atoms with Crippen molar-refractivity contribution in [3.8, 4) is 11.5 Å². The molecule has 0 saturated carbocycles. The van der Waals surface area contributed by atoms with Crippen LogP contribution >= 0.6 is 11.6 Å². The van der Waals surface area contributed by atoms with Gasteiger partial charge in [-0.05, 0) is 37.5 Å². The van der Waals surface area contributed by atoms with E-state index in [-0.39, 0.29) is 12.0 Å². The third-order valence-electron chi connectivity index (χ3n) is 4.03. The van der Waals surface area contributed by atoms with E-state index in [0.29, 0.717) is 33.4 Å². The fourth-order valence-electron chi connectivity index (χ4n) is 2.90. The summed E-state index contributed by atoms with van der Waals surface area (Å²) < 4.78 is 16.0. The van der Waals surface area contributed by atoms with Gasteiger partial charge in [0.05, 0.1) is 37.0 Å². The van der Waals surface area contributed by atoms with Gasteiger partial charge in [0, 0.05) is 5.70 Å². The van der Waals surface area contributed by atoms with Gasteiger partial charge in [0.2, 0.25) is 0 Å². The number of carbonyl (C=O) groups is 2. The molecule has 0 saturated heterocycles. The lowest BCUT2D eigenvalue weighted by atomic mass is 9.91. The van der Waals surface area contributed by atoms with E-state index < -0.39 is 18.0 Å². The molecule has 0 spiro atoms. The molecule has 0 bridgehead atoms. The summed E-state index contributed by atoms with van der Waals surface area (Å²) in [6.45, 7) is 7.32. The Kier molecular flexibility index (Phi) is 6.59. The van der Waals surface area contributed by atoms with Crippen LogP contribution in [0.2, 0.25) is 5.02 Å². The second kappa shape index (κ2) is 8.52. The molecule has 1 heterocycles. The highest BCUT2D eigenvalue weighted by Crippen LogP contribution is 2.40. The molecule has 1 unspecified atom stereocenters. The minimum Gasteiger partial charge on any atom is -0.493 e. The molecule has 27 heavy (non-hydrogen) atoms. The zero-order valence-electron chi connectivity index (χ0n) is 16.3. The van der Waals surface area contributed by atoms with Gasteiger partial charge in [0.25, 0.3) is 0 Å². The summed E-state index contributed by atoms with van der Waals surface area (Å²) in [5.74, 6) is 0.180. The predicted octanol–water partition coefficient (Wildman–Crippen LogP) is 3.57. The van der Waals surface area contributed by atoms with E-state index in [2.05, 4.69) is 10.6 Å². The van der Waals surface area contributed by atoms with Crippen LogP contribution in [0.25, 0.3) is 0 Å². The van der Waals surface area contributed by atoms with Gasteiger partial charge in [0.15, 0.2) is 11.5 Å². The third kappa shape index (κ3) is 4.47. The van der Waals surface area contributed by atoms with Crippen molar-refractivity contribution in [1.82, 2.24) is 10.6 Å². The van der Waals surface area contributed by atoms with Crippen LogP contribution < -0.4 is 20.1 Å². The number of ether oxygens (including phenoxy) is 3. The average Bonchev–Trinajstić information content (AvgIpc) is 2.59. The molecule has 2 amide bonds. The maximum atomic E-state index is 12.8. The van der Waals surface area contributed by atoms with Gasteiger partial charge >= 0.3 is 12.0 Å². The van der Waals surface area contributed by atoms with Crippen molar-refractivity contribution >= 4 is 23.6 Å². The quantitative estimate of drug-likeness (QED) is 0.718. The first-order valence-electron chi connectivity index (χ1n) is 8.63. The number of nitrogens with one attached hydrogen (secondary N) is 2. The van der Waals surface area contributed by atoms with Gasteiger partial charge in [-0.2, -0.15) is 0 Å². The molecule has 1 aromatic rings. The molecule has 0 aromatic heterocycles. The Balaban J connectivity index is 2.64. The number of esters is 1. The Hall–Kier alpha value is -2.41. The van der Waals surface area contributed by atoms with E-state index in [4.69, 9.17) is 25.8 Å². The van der Waals surface area contributed by atoms with Gasteiger partial charge in [-0.1, -0.05) is 25.4 Å². The fourth-order valence-corrected chi connectivity index (χ4v) is 3.20. The lowest BCUT2D eigenvalue weighted by Gasteiger charge is -2.31. The van der Waals surface area contributed by atoms with E-state index in [0.717, 1.165) is 0 Å². The van der Waals surface area contributed by atoms with Crippen molar-refractivity contribution < 1.29 is 23.8 Å². The van der Waals surface area contributed by atoms with Crippen LogP contribution in [-0.2, 0) is 9.53 Å². The minimum absolute atomic E-state index is 0.0936. The summed E-state index contributed by atoms with van der Waals surface area (Å²) in [6.07, 6.45) is -0.300. The van der Waals surface area contributed by atoms with E-state index in [9.17, 15) is 9.59 Å². The summed E-state index contributed by atoms with van der Waals surface area (Å²) in [4.78, 5) is 25.0. The van der Waals surface area contributed by atoms with E-state index in [1.807, 2.05) is 13.8 Å². The Labute approximate surface area is 164 Å². The number of rotatable bonds is 6. The zero-order valence-corrected chi connectivity index (χ0v) is 17.1. The molecule has 7 nitrogen and oxygen atoms in total. The summed E-state index contributed by atoms with van der Waals surface area (Å²) >= 11 is 6.31. The molecule has 1 aliphatic heterocycles. The van der Waals surface area contributed by atoms with Crippen LogP contribution in [0.3, 0.4) is 0 Å². The van der Waals surface area contributed by atoms with Crippen LogP contribution in [0.4, 0.5) is 4.79 Å².